The topological polar surface area (TPSA) is 124 Å². The Morgan fingerprint density at radius 3 is 0.953 bits per heavy atom. The van der Waals surface area contributed by atoms with Crippen LogP contribution in [0, 0.1) is 0 Å². The van der Waals surface area contributed by atoms with Crippen molar-refractivity contribution in [3.8, 4) is 0 Å². The number of carbonyl (C=O) groups is 2. The number of allylic oxidation sites excluding steroid dienone is 4. The lowest BCUT2D eigenvalue weighted by atomic mass is 9.75. The van der Waals surface area contributed by atoms with Crippen LogP contribution in [-0.2, 0) is 28.5 Å². The molecule has 12 nitrogen and oxygen atoms in total. The fourth-order valence-electron chi connectivity index (χ4n) is 8.08. The third-order valence-corrected chi connectivity index (χ3v) is 12.0. The van der Waals surface area contributed by atoms with E-state index in [1.54, 1.807) is 0 Å². The second-order valence-corrected chi connectivity index (χ2v) is 16.5. The van der Waals surface area contributed by atoms with E-state index in [4.69, 9.17) is 18.9 Å². The number of aliphatic hydroxyl groups is 2. The van der Waals surface area contributed by atoms with E-state index in [2.05, 4.69) is 33.4 Å². The second-order valence-electron chi connectivity index (χ2n) is 16.5. The third kappa shape index (κ3) is 11.7. The summed E-state index contributed by atoms with van der Waals surface area (Å²) < 4.78 is 22.8. The van der Waals surface area contributed by atoms with E-state index >= 15 is 0 Å². The molecule has 2 atom stereocenters. The van der Waals surface area contributed by atoms with Crippen LogP contribution >= 0.6 is 0 Å². The summed E-state index contributed by atoms with van der Waals surface area (Å²) in [5.41, 5.74) is 8.02. The molecule has 0 amide bonds. The van der Waals surface area contributed by atoms with Gasteiger partial charge >= 0.3 is 0 Å². The molecule has 2 N–H and O–H groups in total. The number of aliphatic hydroxyl groups excluding tert-OH is 2. The number of ketones is 2. The van der Waals surface area contributed by atoms with Crippen molar-refractivity contribution in [1.29, 1.82) is 0 Å². The Labute approximate surface area is 379 Å². The highest BCUT2D eigenvalue weighted by molar-refractivity contribution is 6.32. The highest BCUT2D eigenvalue weighted by Gasteiger charge is 2.42. The Morgan fingerprint density at radius 1 is 0.406 bits per heavy atom. The van der Waals surface area contributed by atoms with Crippen molar-refractivity contribution in [3.05, 3.63) is 131 Å². The molecule has 0 radical (unpaired) electrons. The van der Waals surface area contributed by atoms with Gasteiger partial charge in [-0.05, 0) is 83.6 Å². The van der Waals surface area contributed by atoms with Crippen molar-refractivity contribution >= 4 is 45.5 Å². The van der Waals surface area contributed by atoms with Gasteiger partial charge in [-0.1, -0.05) is 62.4 Å². The summed E-state index contributed by atoms with van der Waals surface area (Å²) in [6.45, 7) is 11.5. The van der Waals surface area contributed by atoms with Crippen LogP contribution in [0.2, 0.25) is 0 Å². The van der Waals surface area contributed by atoms with Crippen molar-refractivity contribution < 1.29 is 38.7 Å². The molecule has 2 aliphatic carbocycles. The average molecular weight is 875 g/mol. The van der Waals surface area contributed by atoms with Crippen molar-refractivity contribution in [2.24, 2.45) is 0 Å². The van der Waals surface area contributed by atoms with Crippen LogP contribution in [0.1, 0.15) is 60.8 Å². The number of hydrogen-bond donors (Lipinski definition) is 2. The predicted octanol–water partition coefficient (Wildman–Crippen LogP) is 8.29. The van der Waals surface area contributed by atoms with Gasteiger partial charge in [-0.3, -0.25) is 9.59 Å². The molecular formula is C52H66N4O8. The van der Waals surface area contributed by atoms with Crippen molar-refractivity contribution in [1.82, 2.24) is 0 Å². The summed E-state index contributed by atoms with van der Waals surface area (Å²) >= 11 is 0. The number of ether oxygens (including phenoxy) is 4. The Morgan fingerprint density at radius 2 is 0.672 bits per heavy atom. The summed E-state index contributed by atoms with van der Waals surface area (Å²) in [6.07, 6.45) is 2.10. The van der Waals surface area contributed by atoms with E-state index in [-0.39, 0.29) is 23.1 Å². The monoisotopic (exact) mass is 874 g/mol. The van der Waals surface area contributed by atoms with Crippen LogP contribution in [-0.4, -0.2) is 129 Å². The smallest absolute Gasteiger partial charge is 0.181 e. The fraction of sp³-hybridized carbons (Fsp3) is 0.423. The molecular weight excluding hydrogens is 809 g/mol. The maximum atomic E-state index is 13.1. The van der Waals surface area contributed by atoms with Gasteiger partial charge in [-0.15, -0.1) is 0 Å². The van der Waals surface area contributed by atoms with Crippen LogP contribution in [0.5, 0.6) is 0 Å². The maximum Gasteiger partial charge on any atom is 0.181 e. The number of likely N-dealkylation sites (N-methyl/N-ethyl adjacent to an activating group) is 2. The molecule has 342 valence electrons. The van der Waals surface area contributed by atoms with E-state index in [0.29, 0.717) is 77.1 Å². The van der Waals surface area contributed by atoms with E-state index < -0.39 is 11.8 Å². The highest BCUT2D eigenvalue weighted by Crippen LogP contribution is 2.44. The normalized spacial score (nSPS) is 15.9. The molecule has 4 aromatic carbocycles. The highest BCUT2D eigenvalue weighted by atomic mass is 16.6. The quantitative estimate of drug-likeness (QED) is 0.0561. The molecule has 6 rings (SSSR count). The van der Waals surface area contributed by atoms with Crippen LogP contribution < -0.4 is 19.6 Å². The van der Waals surface area contributed by atoms with Crippen molar-refractivity contribution in [3.63, 3.8) is 0 Å². The molecule has 64 heavy (non-hydrogen) atoms. The minimum Gasteiger partial charge on any atom is -0.510 e. The average Bonchev–Trinajstić information content (AvgIpc) is 3.30. The zero-order valence-corrected chi connectivity index (χ0v) is 38.4. The first-order chi connectivity index (χ1) is 31.0. The molecule has 0 saturated carbocycles. The lowest BCUT2D eigenvalue weighted by Gasteiger charge is -2.29. The molecule has 0 heterocycles. The molecule has 0 saturated heterocycles. The van der Waals surface area contributed by atoms with E-state index in [9.17, 15) is 19.8 Å². The Kier molecular flexibility index (Phi) is 17.4. The Hall–Kier alpha value is -5.66. The second kappa shape index (κ2) is 23.3. The SMILES string of the molecule is CCCN(C)c1ccc(C2=C(O)C(c3ccc(N(C)CCOCCOCCOCCOCCN(C)c4ccc(C5C(=O)C(c6ccc(N(C)CCC)cc6)=C5O)cc4)cc3)C2=O)cc1. The number of rotatable bonds is 27. The van der Waals surface area contributed by atoms with Gasteiger partial charge in [0, 0.05) is 77.1 Å². The summed E-state index contributed by atoms with van der Waals surface area (Å²) in [5.74, 6) is -1.12. The van der Waals surface area contributed by atoms with E-state index in [1.807, 2.05) is 125 Å². The number of benzene rings is 4. The third-order valence-electron chi connectivity index (χ3n) is 12.0. The molecule has 0 fully saturated rings. The number of Topliss-reactive ketones (excluding diaryl/α,β-unsaturated/α-hetero) is 2. The van der Waals surface area contributed by atoms with Crippen molar-refractivity contribution in [2.75, 3.05) is 127 Å². The van der Waals surface area contributed by atoms with Crippen LogP contribution in [0.3, 0.4) is 0 Å². The van der Waals surface area contributed by atoms with Gasteiger partial charge in [-0.2, -0.15) is 0 Å². The summed E-state index contributed by atoms with van der Waals surface area (Å²) in [7, 11) is 8.08. The first-order valence-electron chi connectivity index (χ1n) is 22.5. The molecule has 0 aliphatic heterocycles. The first kappa shape index (κ1) is 47.8. The molecule has 0 bridgehead atoms. The van der Waals surface area contributed by atoms with Crippen LogP contribution in [0.4, 0.5) is 22.7 Å². The van der Waals surface area contributed by atoms with Gasteiger partial charge < -0.3 is 48.8 Å². The Bertz CT molecular complexity index is 2030. The molecule has 12 heteroatoms. The van der Waals surface area contributed by atoms with Gasteiger partial charge in [0.05, 0.1) is 64.0 Å². The minimum atomic E-state index is -0.625. The minimum absolute atomic E-state index is 0.0607. The number of carbonyl (C=O) groups excluding carboxylic acids is 2. The molecule has 4 aromatic rings. The standard InChI is InChI=1S/C52H66N4O8/c1-7-25-53(3)41-17-9-37(10-18-41)45-49(57)47(50(45)58)39-13-21-43(22-14-39)55(5)27-29-61-31-33-63-35-36-64-34-32-62-30-28-56(6)44-23-15-40(16-24-44)48-51(59)46(52(48)60)38-11-19-42(20-12-38)54(4)26-8-2/h9-24,47-48,57,59H,7-8,25-36H2,1-6H3. The van der Waals surface area contributed by atoms with Gasteiger partial charge in [0.25, 0.3) is 0 Å². The molecule has 2 unspecified atom stereocenters. The fourth-order valence-corrected chi connectivity index (χ4v) is 8.08. The van der Waals surface area contributed by atoms with Gasteiger partial charge in [0.1, 0.15) is 23.4 Å². The predicted molar refractivity (Wildman–Crippen MR) is 257 cm³/mol. The van der Waals surface area contributed by atoms with Gasteiger partial charge in [0.2, 0.25) is 0 Å². The number of nitrogens with zero attached hydrogens (tertiary/aromatic N) is 4. The van der Waals surface area contributed by atoms with Crippen molar-refractivity contribution in [2.45, 2.75) is 38.5 Å². The van der Waals surface area contributed by atoms with E-state index in [1.165, 1.54) is 0 Å². The van der Waals surface area contributed by atoms with Gasteiger partial charge in [0.15, 0.2) is 11.6 Å². The zero-order chi connectivity index (χ0) is 45.6. The summed E-state index contributed by atoms with van der Waals surface area (Å²) in [6, 6.07) is 31.1. The molecule has 0 spiro atoms. The van der Waals surface area contributed by atoms with Crippen LogP contribution in [0.25, 0.3) is 11.1 Å². The number of anilines is 4. The van der Waals surface area contributed by atoms with Gasteiger partial charge in [-0.25, -0.2) is 0 Å². The zero-order valence-electron chi connectivity index (χ0n) is 38.4. The number of hydrogen-bond acceptors (Lipinski definition) is 12. The van der Waals surface area contributed by atoms with E-state index in [0.717, 1.165) is 70.9 Å². The lowest BCUT2D eigenvalue weighted by Crippen LogP contribution is -2.28. The molecule has 0 aromatic heterocycles. The summed E-state index contributed by atoms with van der Waals surface area (Å²) in [4.78, 5) is 34.8. The lowest BCUT2D eigenvalue weighted by molar-refractivity contribution is -0.117. The summed E-state index contributed by atoms with van der Waals surface area (Å²) in [5, 5.41) is 21.8. The maximum absolute atomic E-state index is 13.1. The Balaban J connectivity index is 0.777. The first-order valence-corrected chi connectivity index (χ1v) is 22.5. The largest absolute Gasteiger partial charge is 0.510 e. The molecule has 2 aliphatic rings. The van der Waals surface area contributed by atoms with Crippen LogP contribution in [0.15, 0.2) is 109 Å².